The molecule has 0 aromatic carbocycles. The molecule has 0 spiro atoms. The Balaban J connectivity index is 1.90. The van der Waals surface area contributed by atoms with Gasteiger partial charge in [-0.3, -0.25) is 9.35 Å². The predicted octanol–water partition coefficient (Wildman–Crippen LogP) is 1.59. The number of rotatable bonds is 4. The van der Waals surface area contributed by atoms with E-state index < -0.39 is 27.8 Å². The number of alkyl halides is 2. The van der Waals surface area contributed by atoms with Crippen molar-refractivity contribution >= 4 is 16.1 Å². The summed E-state index contributed by atoms with van der Waals surface area (Å²) in [4.78, 5) is 11.3. The fourth-order valence-electron chi connectivity index (χ4n) is 2.80. The first-order valence-electron chi connectivity index (χ1n) is 5.73. The molecule has 2 fully saturated rings. The van der Waals surface area contributed by atoms with E-state index >= 15 is 0 Å². The summed E-state index contributed by atoms with van der Waals surface area (Å²) in [7, 11) is -5.58. The van der Waals surface area contributed by atoms with Crippen molar-refractivity contribution in [2.24, 2.45) is 11.8 Å². The number of carbonyl (C=O) groups is 1. The molecule has 2 aliphatic carbocycles. The average Bonchev–Trinajstić information content (AvgIpc) is 2.75. The van der Waals surface area contributed by atoms with E-state index in [4.69, 9.17) is 9.29 Å². The first-order chi connectivity index (χ1) is 8.19. The first-order valence-corrected chi connectivity index (χ1v) is 7.17. The molecule has 5 nitrogen and oxygen atoms in total. The van der Waals surface area contributed by atoms with Gasteiger partial charge in [0, 0.05) is 0 Å². The van der Waals surface area contributed by atoms with Crippen LogP contribution in [0.25, 0.3) is 0 Å². The Hall–Kier alpha value is -0.760. The van der Waals surface area contributed by atoms with Gasteiger partial charge in [-0.2, -0.15) is 17.2 Å². The number of fused-ring (bicyclic) bond motifs is 2. The van der Waals surface area contributed by atoms with Gasteiger partial charge in [0.1, 0.15) is 12.5 Å². The van der Waals surface area contributed by atoms with Crippen LogP contribution in [-0.2, 0) is 19.6 Å². The normalized spacial score (nSPS) is 31.6. The van der Waals surface area contributed by atoms with Gasteiger partial charge >= 0.3 is 21.3 Å². The summed E-state index contributed by atoms with van der Waals surface area (Å²) in [5.41, 5.74) is 0. The zero-order chi connectivity index (χ0) is 13.6. The average molecular weight is 284 g/mol. The van der Waals surface area contributed by atoms with Gasteiger partial charge in [-0.25, -0.2) is 0 Å². The topological polar surface area (TPSA) is 80.7 Å². The maximum absolute atomic E-state index is 12.9. The minimum Gasteiger partial charge on any atom is -0.462 e. The highest BCUT2D eigenvalue weighted by Crippen LogP contribution is 2.46. The lowest BCUT2D eigenvalue weighted by molar-refractivity contribution is -0.155. The molecule has 0 amide bonds. The quantitative estimate of drug-likeness (QED) is 0.626. The molecule has 0 aromatic heterocycles. The largest absolute Gasteiger partial charge is 0.462 e. The van der Waals surface area contributed by atoms with Crippen molar-refractivity contribution in [2.45, 2.75) is 43.5 Å². The molecule has 1 N–H and O–H groups in total. The summed E-state index contributed by atoms with van der Waals surface area (Å²) in [5.74, 6) is -0.594. The second kappa shape index (κ2) is 4.41. The third-order valence-electron chi connectivity index (χ3n) is 3.68. The van der Waals surface area contributed by atoms with Gasteiger partial charge in [0.2, 0.25) is 0 Å². The van der Waals surface area contributed by atoms with E-state index in [2.05, 4.69) is 0 Å². The van der Waals surface area contributed by atoms with Crippen LogP contribution in [-0.4, -0.2) is 30.3 Å². The standard InChI is InChI=1S/C10H14F2O5S/c11-10(12,18(14,15)16)5-9(13)17-8-4-6-1-2-7(8)3-6/h6-8H,1-5H2,(H,14,15,16). The van der Waals surface area contributed by atoms with Crippen molar-refractivity contribution in [2.75, 3.05) is 0 Å². The molecule has 3 atom stereocenters. The van der Waals surface area contributed by atoms with Crippen molar-refractivity contribution in [3.05, 3.63) is 0 Å². The Labute approximate surface area is 103 Å². The minimum atomic E-state index is -5.58. The van der Waals surface area contributed by atoms with Crippen molar-refractivity contribution in [3.63, 3.8) is 0 Å². The maximum Gasteiger partial charge on any atom is 0.380 e. The number of ether oxygens (including phenoxy) is 1. The summed E-state index contributed by atoms with van der Waals surface area (Å²) in [6.45, 7) is 0. The van der Waals surface area contributed by atoms with Crippen LogP contribution in [0.3, 0.4) is 0 Å². The summed E-state index contributed by atoms with van der Waals surface area (Å²) in [6.07, 6.45) is 1.56. The highest BCUT2D eigenvalue weighted by molar-refractivity contribution is 7.86. The van der Waals surface area contributed by atoms with E-state index in [0.29, 0.717) is 12.3 Å². The van der Waals surface area contributed by atoms with E-state index in [0.717, 1.165) is 19.3 Å². The lowest BCUT2D eigenvalue weighted by Gasteiger charge is -2.22. The second-order valence-corrected chi connectivity index (χ2v) is 6.54. The number of esters is 1. The zero-order valence-corrected chi connectivity index (χ0v) is 10.3. The van der Waals surface area contributed by atoms with Gasteiger partial charge in [-0.1, -0.05) is 0 Å². The molecule has 18 heavy (non-hydrogen) atoms. The monoisotopic (exact) mass is 284 g/mol. The first kappa shape index (κ1) is 13.7. The lowest BCUT2D eigenvalue weighted by Crippen LogP contribution is -2.34. The number of hydrogen-bond donors (Lipinski definition) is 1. The van der Waals surface area contributed by atoms with Crippen LogP contribution >= 0.6 is 0 Å². The van der Waals surface area contributed by atoms with Gasteiger partial charge < -0.3 is 4.74 Å². The predicted molar refractivity (Wildman–Crippen MR) is 56.4 cm³/mol. The second-order valence-electron chi connectivity index (χ2n) is 4.99. The van der Waals surface area contributed by atoms with Crippen LogP contribution in [0.1, 0.15) is 32.1 Å². The maximum atomic E-state index is 12.9. The van der Waals surface area contributed by atoms with Crippen LogP contribution in [0, 0.1) is 11.8 Å². The molecule has 2 saturated carbocycles. The Morgan fingerprint density at radius 3 is 2.44 bits per heavy atom. The highest BCUT2D eigenvalue weighted by atomic mass is 32.2. The molecule has 0 saturated heterocycles. The van der Waals surface area contributed by atoms with Gasteiger partial charge in [-0.15, -0.1) is 0 Å². The molecule has 8 heteroatoms. The number of hydrogen-bond acceptors (Lipinski definition) is 4. The molecule has 0 radical (unpaired) electrons. The van der Waals surface area contributed by atoms with E-state index in [1.165, 1.54) is 0 Å². The lowest BCUT2D eigenvalue weighted by atomic mass is 9.98. The van der Waals surface area contributed by atoms with Gasteiger partial charge in [0.05, 0.1) is 0 Å². The van der Waals surface area contributed by atoms with E-state index in [9.17, 15) is 22.0 Å². The Kier molecular flexibility index (Phi) is 3.35. The molecule has 0 aliphatic heterocycles. The minimum absolute atomic E-state index is 0.207. The van der Waals surface area contributed by atoms with Gasteiger partial charge in [0.25, 0.3) is 0 Å². The Morgan fingerprint density at radius 2 is 2.00 bits per heavy atom. The zero-order valence-electron chi connectivity index (χ0n) is 9.51. The van der Waals surface area contributed by atoms with E-state index in [1.54, 1.807) is 0 Å². The smallest absolute Gasteiger partial charge is 0.380 e. The van der Waals surface area contributed by atoms with Crippen LogP contribution in [0.2, 0.25) is 0 Å². The summed E-state index contributed by atoms with van der Waals surface area (Å²) in [6, 6.07) is 0. The Morgan fingerprint density at radius 1 is 1.33 bits per heavy atom. The summed E-state index contributed by atoms with van der Waals surface area (Å²) >= 11 is 0. The molecule has 3 unspecified atom stereocenters. The third kappa shape index (κ3) is 2.64. The molecule has 0 heterocycles. The van der Waals surface area contributed by atoms with Gasteiger partial charge in [-0.05, 0) is 37.5 Å². The van der Waals surface area contributed by atoms with Crippen molar-refractivity contribution < 1.29 is 31.3 Å². The molecular formula is C10H14F2O5S. The molecule has 104 valence electrons. The van der Waals surface area contributed by atoms with E-state index in [1.807, 2.05) is 0 Å². The molecule has 2 aliphatic rings. The van der Waals surface area contributed by atoms with Crippen LogP contribution < -0.4 is 0 Å². The van der Waals surface area contributed by atoms with Gasteiger partial charge in [0.15, 0.2) is 0 Å². The van der Waals surface area contributed by atoms with Crippen LogP contribution in [0.5, 0.6) is 0 Å². The SMILES string of the molecule is O=C(CC(F)(F)S(=O)(=O)O)OC1CC2CCC1C2. The van der Waals surface area contributed by atoms with Crippen molar-refractivity contribution in [1.82, 2.24) is 0 Å². The molecule has 0 aromatic rings. The van der Waals surface area contributed by atoms with E-state index in [-0.39, 0.29) is 12.0 Å². The molecule has 2 bridgehead atoms. The van der Waals surface area contributed by atoms with Crippen molar-refractivity contribution in [1.29, 1.82) is 0 Å². The molecule has 2 rings (SSSR count). The van der Waals surface area contributed by atoms with Crippen LogP contribution in [0.15, 0.2) is 0 Å². The summed E-state index contributed by atoms with van der Waals surface area (Å²) < 4.78 is 59.7. The highest BCUT2D eigenvalue weighted by Gasteiger charge is 2.48. The Bertz CT molecular complexity index is 447. The van der Waals surface area contributed by atoms with Crippen molar-refractivity contribution in [3.8, 4) is 0 Å². The molecular weight excluding hydrogens is 270 g/mol. The number of halogens is 2. The fourth-order valence-corrected chi connectivity index (χ4v) is 3.10. The van der Waals surface area contributed by atoms with Crippen LogP contribution in [0.4, 0.5) is 8.78 Å². The summed E-state index contributed by atoms with van der Waals surface area (Å²) in [5, 5.41) is -4.48. The fraction of sp³-hybridized carbons (Fsp3) is 0.900. The third-order valence-corrected chi connectivity index (χ3v) is 4.58. The number of carbonyl (C=O) groups excluding carboxylic acids is 1.